The number of benzene rings is 1. The van der Waals surface area contributed by atoms with Crippen LogP contribution < -0.4 is 24.8 Å². The Balaban J connectivity index is 1.29. The van der Waals surface area contributed by atoms with Crippen molar-refractivity contribution in [1.29, 1.82) is 0 Å². The number of fused-ring (bicyclic) bond motifs is 5. The zero-order valence-corrected chi connectivity index (χ0v) is 35.7. The van der Waals surface area contributed by atoms with E-state index in [-0.39, 0.29) is 36.2 Å². The van der Waals surface area contributed by atoms with Crippen molar-refractivity contribution in [3.05, 3.63) is 23.9 Å². The van der Waals surface area contributed by atoms with Crippen LogP contribution in [-0.2, 0) is 35.1 Å². The average molecular weight is 883 g/mol. The highest BCUT2D eigenvalue weighted by Crippen LogP contribution is 2.49. The van der Waals surface area contributed by atoms with Crippen molar-refractivity contribution < 1.29 is 59.4 Å². The first-order valence-electron chi connectivity index (χ1n) is 21.0. The van der Waals surface area contributed by atoms with Gasteiger partial charge in [-0.15, -0.1) is 0 Å². The summed E-state index contributed by atoms with van der Waals surface area (Å²) < 4.78 is 106. The number of hydrogen-bond acceptors (Lipinski definition) is 11. The van der Waals surface area contributed by atoms with Gasteiger partial charge >= 0.3 is 6.09 Å². The molecular formula is C41H54F4N6O9S. The fourth-order valence-electron chi connectivity index (χ4n) is 8.99. The molecule has 3 saturated carbocycles. The number of sulfonamides is 1. The van der Waals surface area contributed by atoms with Crippen LogP contribution in [0, 0.1) is 23.2 Å². The number of hydrogen-bond donors (Lipinski definition) is 3. The molecule has 1 aromatic carbocycles. The van der Waals surface area contributed by atoms with Gasteiger partial charge in [0.05, 0.1) is 35.9 Å². The third-order valence-corrected chi connectivity index (χ3v) is 14.7. The summed E-state index contributed by atoms with van der Waals surface area (Å²) in [6.07, 6.45) is -2.51. The molecule has 7 rings (SSSR count). The number of methoxy groups -OCH3 is 1. The molecule has 3 heterocycles. The Labute approximate surface area is 351 Å². The van der Waals surface area contributed by atoms with Crippen molar-refractivity contribution in [3.63, 3.8) is 0 Å². The summed E-state index contributed by atoms with van der Waals surface area (Å²) in [6, 6.07) is 1.58. The Hall–Kier alpha value is -4.49. The largest absolute Gasteiger partial charge is 0.497 e. The Kier molecular flexibility index (Phi) is 12.2. The second-order valence-corrected chi connectivity index (χ2v) is 20.3. The van der Waals surface area contributed by atoms with Crippen LogP contribution in [0.1, 0.15) is 104 Å². The molecule has 3 aliphatic carbocycles. The van der Waals surface area contributed by atoms with Gasteiger partial charge in [0, 0.05) is 18.4 Å². The summed E-state index contributed by atoms with van der Waals surface area (Å²) in [5.41, 5.74) is -3.82. The van der Waals surface area contributed by atoms with Crippen LogP contribution >= 0.6 is 0 Å². The molecule has 20 heteroatoms. The molecule has 8 atom stereocenters. The second kappa shape index (κ2) is 16.7. The van der Waals surface area contributed by atoms with Crippen molar-refractivity contribution >= 4 is 44.9 Å². The zero-order valence-electron chi connectivity index (χ0n) is 34.8. The molecule has 0 radical (unpaired) electrons. The van der Waals surface area contributed by atoms with E-state index in [1.165, 1.54) is 26.2 Å². The monoisotopic (exact) mass is 882 g/mol. The Morgan fingerprint density at radius 2 is 1.67 bits per heavy atom. The number of nitrogens with zero attached hydrogens (tertiary/aromatic N) is 3. The second-order valence-electron chi connectivity index (χ2n) is 18.3. The molecule has 336 valence electrons. The quantitative estimate of drug-likeness (QED) is 0.304. The van der Waals surface area contributed by atoms with Gasteiger partial charge in [-0.1, -0.05) is 40.5 Å². The van der Waals surface area contributed by atoms with Gasteiger partial charge in [0.1, 0.15) is 35.6 Å². The van der Waals surface area contributed by atoms with Crippen molar-refractivity contribution in [2.75, 3.05) is 13.7 Å². The first-order valence-corrected chi connectivity index (χ1v) is 22.5. The minimum atomic E-state index is -4.22. The maximum Gasteiger partial charge on any atom is 0.408 e. The molecule has 0 spiro atoms. The van der Waals surface area contributed by atoms with Crippen molar-refractivity contribution in [3.8, 4) is 11.6 Å². The van der Waals surface area contributed by atoms with E-state index in [0.717, 1.165) is 24.2 Å². The van der Waals surface area contributed by atoms with Gasteiger partial charge in [0.25, 0.3) is 11.8 Å². The summed E-state index contributed by atoms with van der Waals surface area (Å²) in [5.74, 6) is -9.95. The van der Waals surface area contributed by atoms with Gasteiger partial charge in [0.2, 0.25) is 34.1 Å². The lowest BCUT2D eigenvalue weighted by molar-refractivity contribution is -0.143. The fourth-order valence-corrected chi connectivity index (χ4v) is 10.3. The maximum atomic E-state index is 16.5. The first-order chi connectivity index (χ1) is 28.6. The van der Waals surface area contributed by atoms with Crippen LogP contribution in [0.5, 0.6) is 11.6 Å². The van der Waals surface area contributed by atoms with Crippen molar-refractivity contribution in [1.82, 2.24) is 30.2 Å². The molecule has 61 heavy (non-hydrogen) atoms. The van der Waals surface area contributed by atoms with E-state index >= 15 is 8.78 Å². The molecule has 2 bridgehead atoms. The summed E-state index contributed by atoms with van der Waals surface area (Å²) in [5, 5.41) is 4.22. The van der Waals surface area contributed by atoms with Crippen LogP contribution in [-0.4, -0.2) is 102 Å². The van der Waals surface area contributed by atoms with Gasteiger partial charge in [-0.2, -0.15) is 8.78 Å². The molecule has 3 N–H and O–H groups in total. The van der Waals surface area contributed by atoms with E-state index in [0.29, 0.717) is 25.0 Å². The molecule has 4 fully saturated rings. The van der Waals surface area contributed by atoms with Gasteiger partial charge in [-0.3, -0.25) is 19.1 Å². The van der Waals surface area contributed by atoms with Crippen LogP contribution in [0.3, 0.4) is 0 Å². The lowest BCUT2D eigenvalue weighted by atomic mass is 9.83. The van der Waals surface area contributed by atoms with E-state index in [4.69, 9.17) is 14.2 Å². The minimum Gasteiger partial charge on any atom is -0.497 e. The third kappa shape index (κ3) is 9.19. The highest BCUT2D eigenvalue weighted by atomic mass is 32.2. The van der Waals surface area contributed by atoms with E-state index in [1.807, 2.05) is 4.72 Å². The molecule has 2 aliphatic heterocycles. The Morgan fingerprint density at radius 1 is 0.984 bits per heavy atom. The van der Waals surface area contributed by atoms with Crippen LogP contribution in [0.25, 0.3) is 11.0 Å². The van der Waals surface area contributed by atoms with Gasteiger partial charge in [0.15, 0.2) is 5.69 Å². The Bertz CT molecular complexity index is 2150. The van der Waals surface area contributed by atoms with E-state index < -0.39 is 129 Å². The number of rotatable bonds is 7. The number of carbonyl (C=O) groups excluding carboxylic acids is 4. The van der Waals surface area contributed by atoms with Crippen LogP contribution in [0.2, 0.25) is 0 Å². The summed E-state index contributed by atoms with van der Waals surface area (Å²) in [4.78, 5) is 66.5. The lowest BCUT2D eigenvalue weighted by Gasteiger charge is -2.37. The SMILES string of the molecule is COc1ccc2nc3c(nc2c1)O[C@H]1CN(C(=O)[C@H](C(C)(C)C)NC(=O)O[C@@H]2CCCC[C@H]2CCCCC3(F)F)[C@H](C(=O)N[C@]2(C(=O)NS(=O)(=O)C3CC3)CC2C(F)F)[C@@H]1C. The van der Waals surface area contributed by atoms with Gasteiger partial charge in [-0.25, -0.2) is 32.0 Å². The fraction of sp³-hybridized carbons (Fsp3) is 0.707. The molecular weight excluding hydrogens is 829 g/mol. The standard InChI is InChI=1S/C41H54F4N6O9S/c1-21-29-20-51(30(21)34(52)49-40(19-25(40)33(42)43)37(54)50-61(56,57)24-14-15-24)36(53)32(39(2,3)4)48-38(55)60-28-12-7-6-10-22(28)11-8-9-17-41(44,45)31-35(59-29)47-27-18-23(58-5)13-16-26(27)46-31/h13,16,18,21-22,24-25,28-30,32-33H,6-12,14-15,17,19-20H2,1-5H3,(H,48,55)(H,49,52)(H,50,54)/t21-,22+,25?,28-,29+,30+,32-,40-/m1/s1. The number of amides is 4. The highest BCUT2D eigenvalue weighted by Gasteiger charge is 2.67. The molecule has 15 nitrogen and oxygen atoms in total. The molecule has 1 unspecified atom stereocenters. The van der Waals surface area contributed by atoms with E-state index in [9.17, 15) is 36.4 Å². The molecule has 2 aromatic rings. The van der Waals surface area contributed by atoms with Crippen molar-refractivity contribution in [2.45, 2.75) is 146 Å². The van der Waals surface area contributed by atoms with E-state index in [2.05, 4.69) is 20.6 Å². The first kappa shape index (κ1) is 44.6. The van der Waals surface area contributed by atoms with Crippen LogP contribution in [0.4, 0.5) is 22.4 Å². The zero-order chi connectivity index (χ0) is 44.2. The predicted molar refractivity (Wildman–Crippen MR) is 211 cm³/mol. The van der Waals surface area contributed by atoms with Crippen LogP contribution in [0.15, 0.2) is 18.2 Å². The topological polar surface area (TPSA) is 195 Å². The lowest BCUT2D eigenvalue weighted by Crippen LogP contribution is -2.61. The van der Waals surface area contributed by atoms with Gasteiger partial charge in [-0.05, 0) is 74.8 Å². The maximum absolute atomic E-state index is 16.5. The van der Waals surface area contributed by atoms with E-state index in [1.54, 1.807) is 26.8 Å². The normalized spacial score (nSPS) is 31.0. The summed E-state index contributed by atoms with van der Waals surface area (Å²) in [7, 11) is -2.80. The summed E-state index contributed by atoms with van der Waals surface area (Å²) in [6.45, 7) is 6.08. The molecule has 4 amide bonds. The third-order valence-electron chi connectivity index (χ3n) is 12.9. The number of nitrogens with one attached hydrogen (secondary N) is 3. The number of halogens is 4. The minimum absolute atomic E-state index is 0.0948. The number of aromatic nitrogens is 2. The molecule has 1 saturated heterocycles. The average Bonchev–Trinajstić information content (AvgIpc) is 4.12. The van der Waals surface area contributed by atoms with Crippen molar-refractivity contribution in [2.24, 2.45) is 23.2 Å². The Morgan fingerprint density at radius 3 is 2.31 bits per heavy atom. The number of ether oxygens (including phenoxy) is 3. The number of alkyl carbamates (subject to hydrolysis) is 1. The smallest absolute Gasteiger partial charge is 0.408 e. The molecule has 1 aromatic heterocycles. The number of alkyl halides is 4. The number of carbonyl (C=O) groups is 4. The highest BCUT2D eigenvalue weighted by molar-refractivity contribution is 7.91. The summed E-state index contributed by atoms with van der Waals surface area (Å²) >= 11 is 0. The van der Waals surface area contributed by atoms with Gasteiger partial charge < -0.3 is 29.7 Å². The predicted octanol–water partition coefficient (Wildman–Crippen LogP) is 5.35. The molecule has 5 aliphatic rings.